The SMILES string of the molecule is COc1ccccc1[C@@H](Nc1ccccc1)[P@@](=O)(OC)c1ccc(N(C)C)cc1. The second-order valence-electron chi connectivity index (χ2n) is 6.85. The fraction of sp³-hybridized carbons (Fsp3) is 0.217. The van der Waals surface area contributed by atoms with Crippen LogP contribution in [0.2, 0.25) is 0 Å². The molecule has 3 aromatic rings. The standard InChI is InChI=1S/C23H27N2O3P/c1-25(2)19-14-16-20(17-15-19)29(26,28-4)23(24-18-10-6-5-7-11-18)21-12-8-9-13-22(21)27-3/h5-17,23-24H,1-4H3/t23-,29-/m0/s1. The zero-order chi connectivity index (χ0) is 20.9. The molecule has 0 amide bonds. The lowest BCUT2D eigenvalue weighted by Crippen LogP contribution is -2.20. The van der Waals surface area contributed by atoms with Crippen molar-refractivity contribution in [2.45, 2.75) is 5.78 Å². The first-order chi connectivity index (χ1) is 14.0. The molecule has 0 fully saturated rings. The Morgan fingerprint density at radius 2 is 1.48 bits per heavy atom. The fourth-order valence-corrected chi connectivity index (χ4v) is 5.43. The van der Waals surface area contributed by atoms with Gasteiger partial charge in [0.1, 0.15) is 11.5 Å². The van der Waals surface area contributed by atoms with Crippen molar-refractivity contribution in [3.8, 4) is 5.75 Å². The van der Waals surface area contributed by atoms with Crippen LogP contribution in [0.1, 0.15) is 11.3 Å². The Hall–Kier alpha value is -2.75. The van der Waals surface area contributed by atoms with Gasteiger partial charge in [0.15, 0.2) is 0 Å². The molecule has 3 aromatic carbocycles. The van der Waals surface area contributed by atoms with Gasteiger partial charge in [-0.05, 0) is 42.5 Å². The van der Waals surface area contributed by atoms with Gasteiger partial charge in [0.05, 0.1) is 7.11 Å². The smallest absolute Gasteiger partial charge is 0.257 e. The van der Waals surface area contributed by atoms with Crippen molar-refractivity contribution >= 4 is 24.0 Å². The molecule has 5 nitrogen and oxygen atoms in total. The molecule has 0 radical (unpaired) electrons. The lowest BCUT2D eigenvalue weighted by molar-refractivity contribution is 0.389. The monoisotopic (exact) mass is 410 g/mol. The first-order valence-electron chi connectivity index (χ1n) is 9.37. The summed E-state index contributed by atoms with van der Waals surface area (Å²) >= 11 is 0. The van der Waals surface area contributed by atoms with Gasteiger partial charge in [-0.2, -0.15) is 0 Å². The molecule has 0 saturated carbocycles. The Bertz CT molecular complexity index is 975. The number of nitrogens with one attached hydrogen (secondary N) is 1. The van der Waals surface area contributed by atoms with E-state index in [1.54, 1.807) is 7.11 Å². The molecule has 0 aliphatic heterocycles. The van der Waals surface area contributed by atoms with Crippen molar-refractivity contribution in [2.24, 2.45) is 0 Å². The van der Waals surface area contributed by atoms with Crippen molar-refractivity contribution in [3.63, 3.8) is 0 Å². The van der Waals surface area contributed by atoms with E-state index in [4.69, 9.17) is 9.26 Å². The number of anilines is 2. The zero-order valence-corrected chi connectivity index (χ0v) is 18.1. The van der Waals surface area contributed by atoms with Gasteiger partial charge in [-0.3, -0.25) is 4.57 Å². The maximum atomic E-state index is 14.3. The maximum Gasteiger partial charge on any atom is 0.257 e. The van der Waals surface area contributed by atoms with E-state index in [9.17, 15) is 4.57 Å². The van der Waals surface area contributed by atoms with Crippen LogP contribution in [0.3, 0.4) is 0 Å². The van der Waals surface area contributed by atoms with E-state index in [1.165, 1.54) is 7.11 Å². The number of hydrogen-bond acceptors (Lipinski definition) is 5. The number of para-hydroxylation sites is 2. The summed E-state index contributed by atoms with van der Waals surface area (Å²) in [5.74, 6) is 0.0411. The number of methoxy groups -OCH3 is 1. The molecule has 2 atom stereocenters. The Kier molecular flexibility index (Phi) is 6.63. The van der Waals surface area contributed by atoms with Gasteiger partial charge in [-0.15, -0.1) is 0 Å². The fourth-order valence-electron chi connectivity index (χ4n) is 3.25. The molecule has 0 unspecified atom stereocenters. The highest BCUT2D eigenvalue weighted by Crippen LogP contribution is 2.59. The summed E-state index contributed by atoms with van der Waals surface area (Å²) in [4.78, 5) is 2.00. The summed E-state index contributed by atoms with van der Waals surface area (Å²) in [5, 5.41) is 4.06. The van der Waals surface area contributed by atoms with E-state index in [0.717, 1.165) is 16.9 Å². The Morgan fingerprint density at radius 3 is 2.07 bits per heavy atom. The third-order valence-corrected chi connectivity index (χ3v) is 7.50. The molecular formula is C23H27N2O3P. The number of nitrogens with zero attached hydrogens (tertiary/aromatic N) is 1. The summed E-state index contributed by atoms with van der Waals surface area (Å²) in [6.45, 7) is 0. The van der Waals surface area contributed by atoms with Crippen molar-refractivity contribution in [2.75, 3.05) is 38.5 Å². The quantitative estimate of drug-likeness (QED) is 0.522. The molecule has 0 saturated heterocycles. The molecule has 29 heavy (non-hydrogen) atoms. The molecule has 0 heterocycles. The predicted octanol–water partition coefficient (Wildman–Crippen LogP) is 5.12. The Balaban J connectivity index is 2.12. The van der Waals surface area contributed by atoms with Crippen LogP contribution < -0.4 is 20.3 Å². The highest BCUT2D eigenvalue weighted by Gasteiger charge is 2.38. The van der Waals surface area contributed by atoms with Gasteiger partial charge in [0, 0.05) is 43.4 Å². The first-order valence-corrected chi connectivity index (χ1v) is 11.1. The maximum absolute atomic E-state index is 14.3. The van der Waals surface area contributed by atoms with Crippen LogP contribution in [0.15, 0.2) is 78.9 Å². The number of hydrogen-bond donors (Lipinski definition) is 1. The largest absolute Gasteiger partial charge is 0.496 e. The van der Waals surface area contributed by atoms with Crippen LogP contribution in [0.4, 0.5) is 11.4 Å². The average Bonchev–Trinajstić information content (AvgIpc) is 2.77. The van der Waals surface area contributed by atoms with Crippen molar-refractivity contribution in [1.29, 1.82) is 0 Å². The zero-order valence-electron chi connectivity index (χ0n) is 17.2. The van der Waals surface area contributed by atoms with Gasteiger partial charge >= 0.3 is 0 Å². The second kappa shape index (κ2) is 9.17. The molecule has 152 valence electrons. The third-order valence-electron chi connectivity index (χ3n) is 4.85. The van der Waals surface area contributed by atoms with Crippen LogP contribution in [0.25, 0.3) is 0 Å². The van der Waals surface area contributed by atoms with Crippen LogP contribution in [0.5, 0.6) is 5.75 Å². The summed E-state index contributed by atoms with van der Waals surface area (Å²) in [5.41, 5.74) is 2.66. The number of benzene rings is 3. The van der Waals surface area contributed by atoms with Crippen LogP contribution in [-0.4, -0.2) is 28.3 Å². The molecule has 0 aliphatic carbocycles. The van der Waals surface area contributed by atoms with E-state index in [2.05, 4.69) is 5.32 Å². The van der Waals surface area contributed by atoms with Crippen LogP contribution in [-0.2, 0) is 9.09 Å². The molecule has 6 heteroatoms. The molecule has 0 bridgehead atoms. The second-order valence-corrected chi connectivity index (χ2v) is 9.44. The highest BCUT2D eigenvalue weighted by atomic mass is 31.2. The minimum atomic E-state index is -3.35. The molecule has 0 aliphatic rings. The van der Waals surface area contributed by atoms with E-state index in [0.29, 0.717) is 11.1 Å². The summed E-state index contributed by atoms with van der Waals surface area (Å²) in [6.07, 6.45) is 0. The molecule has 3 rings (SSSR count). The Morgan fingerprint density at radius 1 is 0.862 bits per heavy atom. The summed E-state index contributed by atoms with van der Waals surface area (Å²) in [7, 11) is 3.70. The molecular weight excluding hydrogens is 383 g/mol. The Labute approximate surface area is 172 Å². The predicted molar refractivity (Wildman–Crippen MR) is 121 cm³/mol. The van der Waals surface area contributed by atoms with Gasteiger partial charge in [0.25, 0.3) is 7.37 Å². The first kappa shape index (κ1) is 21.0. The van der Waals surface area contributed by atoms with E-state index in [-0.39, 0.29) is 0 Å². The van der Waals surface area contributed by atoms with Crippen LogP contribution >= 0.6 is 7.37 Å². The average molecular weight is 410 g/mol. The number of ether oxygens (including phenoxy) is 1. The molecule has 0 aromatic heterocycles. The lowest BCUT2D eigenvalue weighted by Gasteiger charge is -2.30. The normalized spacial score (nSPS) is 13.9. The van der Waals surface area contributed by atoms with Crippen LogP contribution in [0, 0.1) is 0 Å². The number of rotatable bonds is 8. The van der Waals surface area contributed by atoms with E-state index < -0.39 is 13.2 Å². The van der Waals surface area contributed by atoms with Crippen molar-refractivity contribution < 1.29 is 13.8 Å². The van der Waals surface area contributed by atoms with Gasteiger partial charge in [0.2, 0.25) is 0 Å². The molecule has 0 spiro atoms. The van der Waals surface area contributed by atoms with Gasteiger partial charge in [-0.25, -0.2) is 0 Å². The summed E-state index contributed by atoms with van der Waals surface area (Å²) < 4.78 is 25.6. The van der Waals surface area contributed by atoms with Gasteiger partial charge < -0.3 is 19.5 Å². The molecule has 1 N–H and O–H groups in total. The minimum Gasteiger partial charge on any atom is -0.496 e. The van der Waals surface area contributed by atoms with Crippen molar-refractivity contribution in [1.82, 2.24) is 0 Å². The van der Waals surface area contributed by atoms with E-state index >= 15 is 0 Å². The summed E-state index contributed by atoms with van der Waals surface area (Å²) in [6, 6.07) is 24.9. The van der Waals surface area contributed by atoms with E-state index in [1.807, 2.05) is 97.9 Å². The highest BCUT2D eigenvalue weighted by molar-refractivity contribution is 7.67. The van der Waals surface area contributed by atoms with Crippen molar-refractivity contribution in [3.05, 3.63) is 84.4 Å². The van der Waals surface area contributed by atoms with Gasteiger partial charge in [-0.1, -0.05) is 36.4 Å². The third kappa shape index (κ3) is 4.47. The topological polar surface area (TPSA) is 50.8 Å². The lowest BCUT2D eigenvalue weighted by atomic mass is 10.2. The minimum absolute atomic E-state index is 0.615.